The van der Waals surface area contributed by atoms with Gasteiger partial charge in [-0.25, -0.2) is 4.98 Å². The lowest BCUT2D eigenvalue weighted by atomic mass is 10.2. The summed E-state index contributed by atoms with van der Waals surface area (Å²) < 4.78 is 17.4. The van der Waals surface area contributed by atoms with Crippen LogP contribution >= 0.6 is 0 Å². The summed E-state index contributed by atoms with van der Waals surface area (Å²) in [5.74, 6) is 1.69. The molecule has 0 saturated heterocycles. The number of furan rings is 1. The highest BCUT2D eigenvalue weighted by Crippen LogP contribution is 2.33. The summed E-state index contributed by atoms with van der Waals surface area (Å²) in [5, 5.41) is 7.29. The van der Waals surface area contributed by atoms with E-state index in [2.05, 4.69) is 20.4 Å². The monoisotopic (exact) mass is 419 g/mol. The van der Waals surface area contributed by atoms with Gasteiger partial charge in [0, 0.05) is 23.4 Å². The standard InChI is InChI=1S/C21H17N5O5/c1-2-13-9-19(27)24-21(22-13)26-18(10-14(25-26)15-4-3-7-29-15)23-20(28)12-5-6-16-17(8-12)31-11-30-16/h3-10H,2,11H2,1H3,(H,23,28)(H,22,24,27). The minimum atomic E-state index is -0.389. The van der Waals surface area contributed by atoms with Gasteiger partial charge < -0.3 is 19.2 Å². The number of aromatic amines is 1. The first-order valence-electron chi connectivity index (χ1n) is 9.56. The highest BCUT2D eigenvalue weighted by molar-refractivity contribution is 6.04. The second-order valence-electron chi connectivity index (χ2n) is 6.74. The molecule has 0 unspecified atom stereocenters. The molecule has 1 aliphatic heterocycles. The Morgan fingerprint density at radius 3 is 2.87 bits per heavy atom. The molecule has 0 bridgehead atoms. The molecular formula is C21H17N5O5. The number of fused-ring (bicyclic) bond motifs is 1. The number of aromatic nitrogens is 4. The molecule has 0 saturated carbocycles. The van der Waals surface area contributed by atoms with Gasteiger partial charge in [0.2, 0.25) is 12.7 Å². The molecule has 0 radical (unpaired) electrons. The third-order valence-corrected chi connectivity index (χ3v) is 4.70. The van der Waals surface area contributed by atoms with Gasteiger partial charge in [-0.1, -0.05) is 6.92 Å². The van der Waals surface area contributed by atoms with Crippen molar-refractivity contribution in [3.05, 3.63) is 70.3 Å². The average Bonchev–Trinajstić information content (AvgIpc) is 3.52. The minimum absolute atomic E-state index is 0.118. The number of rotatable bonds is 5. The summed E-state index contributed by atoms with van der Waals surface area (Å²) >= 11 is 0. The molecule has 3 aromatic heterocycles. The van der Waals surface area contributed by atoms with Crippen molar-refractivity contribution in [2.24, 2.45) is 0 Å². The van der Waals surface area contributed by atoms with Crippen LogP contribution in [0.15, 0.2) is 57.9 Å². The van der Waals surface area contributed by atoms with Gasteiger partial charge in [-0.2, -0.15) is 9.78 Å². The van der Waals surface area contributed by atoms with Gasteiger partial charge in [0.25, 0.3) is 11.5 Å². The van der Waals surface area contributed by atoms with Crippen LogP contribution in [-0.4, -0.2) is 32.4 Å². The van der Waals surface area contributed by atoms with Gasteiger partial charge in [-0.3, -0.25) is 14.6 Å². The molecule has 156 valence electrons. The van der Waals surface area contributed by atoms with Crippen molar-refractivity contribution in [2.75, 3.05) is 12.1 Å². The van der Waals surface area contributed by atoms with Crippen LogP contribution in [0.3, 0.4) is 0 Å². The Labute approximate surface area is 175 Å². The van der Waals surface area contributed by atoms with Crippen molar-refractivity contribution < 1.29 is 18.7 Å². The molecule has 10 nitrogen and oxygen atoms in total. The first-order chi connectivity index (χ1) is 15.1. The quantitative estimate of drug-likeness (QED) is 0.510. The lowest BCUT2D eigenvalue weighted by Gasteiger charge is -2.09. The van der Waals surface area contributed by atoms with E-state index in [1.54, 1.807) is 36.4 Å². The van der Waals surface area contributed by atoms with E-state index in [0.29, 0.717) is 46.4 Å². The Hall–Kier alpha value is -4.34. The SMILES string of the molecule is CCc1cc(=O)[nH]c(-n2nc(-c3ccco3)cc2NC(=O)c2ccc3c(c2)OCO3)n1. The van der Waals surface area contributed by atoms with Crippen LogP contribution in [0.2, 0.25) is 0 Å². The number of hydrogen-bond donors (Lipinski definition) is 2. The van der Waals surface area contributed by atoms with Gasteiger partial charge in [-0.15, -0.1) is 0 Å². The van der Waals surface area contributed by atoms with Crippen LogP contribution in [0.4, 0.5) is 5.82 Å². The zero-order valence-corrected chi connectivity index (χ0v) is 16.4. The third-order valence-electron chi connectivity index (χ3n) is 4.70. The molecule has 1 amide bonds. The maximum Gasteiger partial charge on any atom is 0.256 e. The smallest absolute Gasteiger partial charge is 0.256 e. The predicted molar refractivity (Wildman–Crippen MR) is 110 cm³/mol. The second kappa shape index (κ2) is 7.48. The summed E-state index contributed by atoms with van der Waals surface area (Å²) in [4.78, 5) is 32.1. The van der Waals surface area contributed by atoms with Crippen molar-refractivity contribution in [1.29, 1.82) is 0 Å². The first kappa shape index (κ1) is 18.7. The Balaban J connectivity index is 1.55. The van der Waals surface area contributed by atoms with E-state index in [0.717, 1.165) is 0 Å². The zero-order valence-electron chi connectivity index (χ0n) is 16.4. The predicted octanol–water partition coefficient (Wildman–Crippen LogP) is 2.76. The van der Waals surface area contributed by atoms with Crippen LogP contribution in [0, 0.1) is 0 Å². The molecule has 0 fully saturated rings. The number of nitrogens with zero attached hydrogens (tertiary/aromatic N) is 3. The number of hydrogen-bond acceptors (Lipinski definition) is 7. The summed E-state index contributed by atoms with van der Waals surface area (Å²) in [6.45, 7) is 2.01. The van der Waals surface area contributed by atoms with Crippen molar-refractivity contribution >= 4 is 11.7 Å². The molecule has 1 aromatic carbocycles. The fourth-order valence-electron chi connectivity index (χ4n) is 3.18. The van der Waals surface area contributed by atoms with E-state index in [1.807, 2.05) is 6.92 Å². The lowest BCUT2D eigenvalue weighted by molar-refractivity contribution is 0.102. The van der Waals surface area contributed by atoms with Crippen LogP contribution in [-0.2, 0) is 6.42 Å². The number of amides is 1. The van der Waals surface area contributed by atoms with E-state index in [1.165, 1.54) is 17.0 Å². The number of benzene rings is 1. The van der Waals surface area contributed by atoms with E-state index in [9.17, 15) is 9.59 Å². The Bertz CT molecular complexity index is 1320. The molecular weight excluding hydrogens is 402 g/mol. The molecule has 1 aliphatic rings. The maximum absolute atomic E-state index is 12.9. The number of carbonyl (C=O) groups excluding carboxylic acids is 1. The fraction of sp³-hybridized carbons (Fsp3) is 0.143. The normalized spacial score (nSPS) is 12.2. The molecule has 10 heteroatoms. The first-order valence-corrected chi connectivity index (χ1v) is 9.56. The summed E-state index contributed by atoms with van der Waals surface area (Å²) in [5.41, 5.74) is 1.13. The van der Waals surface area contributed by atoms with Crippen molar-refractivity contribution in [1.82, 2.24) is 19.7 Å². The summed E-state index contributed by atoms with van der Waals surface area (Å²) in [6.07, 6.45) is 2.10. The third kappa shape index (κ3) is 3.54. The lowest BCUT2D eigenvalue weighted by Crippen LogP contribution is -2.19. The van der Waals surface area contributed by atoms with Crippen LogP contribution < -0.4 is 20.3 Å². The summed E-state index contributed by atoms with van der Waals surface area (Å²) in [7, 11) is 0. The molecule has 5 rings (SSSR count). The van der Waals surface area contributed by atoms with E-state index in [-0.39, 0.29) is 24.2 Å². The largest absolute Gasteiger partial charge is 0.463 e. The van der Waals surface area contributed by atoms with Crippen molar-refractivity contribution in [2.45, 2.75) is 13.3 Å². The number of anilines is 1. The highest BCUT2D eigenvalue weighted by atomic mass is 16.7. The van der Waals surface area contributed by atoms with Crippen molar-refractivity contribution in [3.63, 3.8) is 0 Å². The molecule has 0 spiro atoms. The molecule has 31 heavy (non-hydrogen) atoms. The number of H-pyrrole nitrogens is 1. The minimum Gasteiger partial charge on any atom is -0.463 e. The van der Waals surface area contributed by atoms with E-state index >= 15 is 0 Å². The Morgan fingerprint density at radius 2 is 2.06 bits per heavy atom. The number of carbonyl (C=O) groups is 1. The molecule has 4 heterocycles. The number of nitrogens with one attached hydrogen (secondary N) is 2. The zero-order chi connectivity index (χ0) is 21.4. The van der Waals surface area contributed by atoms with Gasteiger partial charge in [0.1, 0.15) is 11.5 Å². The van der Waals surface area contributed by atoms with Crippen LogP contribution in [0.25, 0.3) is 17.4 Å². The average molecular weight is 419 g/mol. The van der Waals surface area contributed by atoms with Gasteiger partial charge in [0.05, 0.1) is 6.26 Å². The van der Waals surface area contributed by atoms with Crippen LogP contribution in [0.5, 0.6) is 11.5 Å². The molecule has 4 aromatic rings. The summed E-state index contributed by atoms with van der Waals surface area (Å²) in [6, 6.07) is 11.4. The molecule has 0 aliphatic carbocycles. The van der Waals surface area contributed by atoms with E-state index in [4.69, 9.17) is 13.9 Å². The maximum atomic E-state index is 12.9. The van der Waals surface area contributed by atoms with Crippen molar-refractivity contribution in [3.8, 4) is 28.9 Å². The molecule has 2 N–H and O–H groups in total. The fourth-order valence-corrected chi connectivity index (χ4v) is 3.18. The van der Waals surface area contributed by atoms with Gasteiger partial charge in [-0.05, 0) is 36.8 Å². The topological polar surface area (TPSA) is 124 Å². The number of ether oxygens (including phenoxy) is 2. The van der Waals surface area contributed by atoms with E-state index < -0.39 is 0 Å². The Kier molecular flexibility index (Phi) is 4.51. The molecule has 0 atom stereocenters. The number of aryl methyl sites for hydroxylation is 1. The van der Waals surface area contributed by atoms with Crippen LogP contribution in [0.1, 0.15) is 23.0 Å². The van der Waals surface area contributed by atoms with Gasteiger partial charge in [0.15, 0.2) is 17.3 Å². The highest BCUT2D eigenvalue weighted by Gasteiger charge is 2.20. The van der Waals surface area contributed by atoms with Gasteiger partial charge >= 0.3 is 0 Å². The Morgan fingerprint density at radius 1 is 1.19 bits per heavy atom. The second-order valence-corrected chi connectivity index (χ2v) is 6.74.